The van der Waals surface area contributed by atoms with Crippen molar-refractivity contribution in [2.45, 2.75) is 116 Å². The van der Waals surface area contributed by atoms with Crippen molar-refractivity contribution in [3.05, 3.63) is 42.2 Å². The number of hydrogen-bond donors (Lipinski definition) is 0. The van der Waals surface area contributed by atoms with Crippen molar-refractivity contribution >= 4 is 0 Å². The molecule has 0 amide bonds. The molecule has 2 rings (SSSR count). The summed E-state index contributed by atoms with van der Waals surface area (Å²) in [5, 5.41) is 0. The van der Waals surface area contributed by atoms with E-state index in [9.17, 15) is 8.78 Å². The molecule has 1 aromatic carbocycles. The minimum atomic E-state index is -1.60. The van der Waals surface area contributed by atoms with E-state index in [1.54, 1.807) is 12.1 Å². The first-order valence-electron chi connectivity index (χ1n) is 13.5. The summed E-state index contributed by atoms with van der Waals surface area (Å²) in [6, 6.07) is 7.21. The zero-order chi connectivity index (χ0) is 24.4. The molecule has 0 fully saturated rings. The second kappa shape index (κ2) is 17.4. The van der Waals surface area contributed by atoms with Crippen LogP contribution in [-0.4, -0.2) is 28.9 Å². The van der Waals surface area contributed by atoms with Crippen LogP contribution < -0.4 is 4.74 Å². The number of ether oxygens (including phenoxy) is 1. The molecule has 0 bridgehead atoms. The molecule has 0 aliphatic heterocycles. The van der Waals surface area contributed by atoms with Gasteiger partial charge in [-0.2, -0.15) is 0 Å². The van der Waals surface area contributed by atoms with Gasteiger partial charge in [-0.25, -0.2) is 18.7 Å². The number of rotatable bonds is 19. The topological polar surface area (TPSA) is 35.0 Å². The molecule has 0 N–H and O–H groups in total. The van der Waals surface area contributed by atoms with Crippen molar-refractivity contribution < 1.29 is 13.5 Å². The van der Waals surface area contributed by atoms with Crippen LogP contribution in [0.15, 0.2) is 36.7 Å². The van der Waals surface area contributed by atoms with E-state index in [0.717, 1.165) is 18.4 Å². The van der Waals surface area contributed by atoms with Gasteiger partial charge in [0.1, 0.15) is 18.5 Å². The lowest BCUT2D eigenvalue weighted by Crippen LogP contribution is -2.24. The molecule has 5 heteroatoms. The first-order valence-corrected chi connectivity index (χ1v) is 13.5. The maximum atomic E-state index is 13.9. The molecule has 3 nitrogen and oxygen atoms in total. The van der Waals surface area contributed by atoms with E-state index in [2.05, 4.69) is 16.9 Å². The molecule has 0 aliphatic rings. The summed E-state index contributed by atoms with van der Waals surface area (Å²) in [6.07, 6.45) is 16.9. The number of benzene rings is 1. The Kier molecular flexibility index (Phi) is 14.4. The zero-order valence-electron chi connectivity index (χ0n) is 21.3. The molecule has 0 saturated heterocycles. The van der Waals surface area contributed by atoms with Gasteiger partial charge < -0.3 is 4.74 Å². The Labute approximate surface area is 205 Å². The van der Waals surface area contributed by atoms with Crippen molar-refractivity contribution in [1.29, 1.82) is 0 Å². The highest BCUT2D eigenvalue weighted by Crippen LogP contribution is 2.21. The third-order valence-electron chi connectivity index (χ3n) is 6.27. The van der Waals surface area contributed by atoms with Gasteiger partial charge in [0, 0.05) is 18.0 Å². The Morgan fingerprint density at radius 2 is 1.26 bits per heavy atom. The number of hydrogen-bond acceptors (Lipinski definition) is 3. The third kappa shape index (κ3) is 11.4. The van der Waals surface area contributed by atoms with Crippen molar-refractivity contribution in [3.63, 3.8) is 0 Å². The molecular formula is C29H44F2N2O. The second-order valence-electron chi connectivity index (χ2n) is 9.36. The molecule has 1 heterocycles. The highest BCUT2D eigenvalue weighted by Gasteiger charge is 2.20. The minimum Gasteiger partial charge on any atom is -0.490 e. The van der Waals surface area contributed by atoms with Crippen molar-refractivity contribution in [3.8, 4) is 17.1 Å². The zero-order valence-corrected chi connectivity index (χ0v) is 21.3. The molecular weight excluding hydrogens is 430 g/mol. The highest BCUT2D eigenvalue weighted by molar-refractivity contribution is 5.55. The predicted molar refractivity (Wildman–Crippen MR) is 138 cm³/mol. The van der Waals surface area contributed by atoms with Gasteiger partial charge in [0.05, 0.1) is 0 Å². The van der Waals surface area contributed by atoms with Crippen LogP contribution in [0.4, 0.5) is 8.78 Å². The van der Waals surface area contributed by atoms with E-state index in [1.807, 2.05) is 31.5 Å². The fourth-order valence-corrected chi connectivity index (χ4v) is 4.01. The highest BCUT2D eigenvalue weighted by atomic mass is 19.2. The number of unbranched alkanes of at least 4 members (excludes halogenated alkanes) is 10. The standard InChI is InChI=1S/C29H44F2N2O/c1-3-5-7-8-9-10-11-12-13-14-15-24-21-32-29(33-22-24)25-17-19-26(20-18-25)34-23-28(31)27(30)16-6-4-2/h17-22,27-28H,3-16,23H2,1-2H3. The number of halogens is 2. The average molecular weight is 475 g/mol. The summed E-state index contributed by atoms with van der Waals surface area (Å²) in [6.45, 7) is 3.96. The van der Waals surface area contributed by atoms with Gasteiger partial charge in [0.2, 0.25) is 0 Å². The third-order valence-corrected chi connectivity index (χ3v) is 6.27. The Morgan fingerprint density at radius 3 is 1.85 bits per heavy atom. The Morgan fingerprint density at radius 1 is 0.706 bits per heavy atom. The molecule has 2 aromatic rings. The fraction of sp³-hybridized carbons (Fsp3) is 0.655. The van der Waals surface area contributed by atoms with Crippen LogP contribution in [0.1, 0.15) is 103 Å². The van der Waals surface area contributed by atoms with Gasteiger partial charge >= 0.3 is 0 Å². The van der Waals surface area contributed by atoms with Gasteiger partial charge in [-0.1, -0.05) is 84.5 Å². The van der Waals surface area contributed by atoms with E-state index in [4.69, 9.17) is 4.74 Å². The Balaban J connectivity index is 1.65. The number of nitrogens with zero attached hydrogens (tertiary/aromatic N) is 2. The van der Waals surface area contributed by atoms with E-state index in [0.29, 0.717) is 18.0 Å². The smallest absolute Gasteiger partial charge is 0.165 e. The summed E-state index contributed by atoms with van der Waals surface area (Å²) in [7, 11) is 0. The molecule has 2 atom stereocenters. The van der Waals surface area contributed by atoms with E-state index in [1.165, 1.54) is 69.8 Å². The summed E-state index contributed by atoms with van der Waals surface area (Å²) < 4.78 is 33.0. The molecule has 0 saturated carbocycles. The molecule has 0 radical (unpaired) electrons. The van der Waals surface area contributed by atoms with Crippen LogP contribution in [0, 0.1) is 0 Å². The van der Waals surface area contributed by atoms with Crippen LogP contribution >= 0.6 is 0 Å². The maximum Gasteiger partial charge on any atom is 0.165 e. The van der Waals surface area contributed by atoms with Crippen LogP contribution in [0.3, 0.4) is 0 Å². The van der Waals surface area contributed by atoms with Crippen LogP contribution in [-0.2, 0) is 6.42 Å². The lowest BCUT2D eigenvalue weighted by atomic mass is 10.0. The Bertz CT molecular complexity index is 752. The molecule has 190 valence electrons. The molecule has 34 heavy (non-hydrogen) atoms. The quantitative estimate of drug-likeness (QED) is 0.191. The van der Waals surface area contributed by atoms with E-state index < -0.39 is 12.3 Å². The Hall–Kier alpha value is -2.04. The van der Waals surface area contributed by atoms with Crippen molar-refractivity contribution in [1.82, 2.24) is 9.97 Å². The lowest BCUT2D eigenvalue weighted by Gasteiger charge is -2.14. The first kappa shape index (κ1) is 28.2. The number of alkyl halides is 2. The first-order chi connectivity index (χ1) is 16.6. The monoisotopic (exact) mass is 474 g/mol. The van der Waals surface area contributed by atoms with Gasteiger partial charge in [0.15, 0.2) is 12.0 Å². The number of aryl methyl sites for hydroxylation is 1. The molecule has 2 unspecified atom stereocenters. The van der Waals surface area contributed by atoms with Crippen LogP contribution in [0.5, 0.6) is 5.75 Å². The minimum absolute atomic E-state index is 0.243. The summed E-state index contributed by atoms with van der Waals surface area (Å²) >= 11 is 0. The molecule has 1 aromatic heterocycles. The van der Waals surface area contributed by atoms with Gasteiger partial charge in [0.25, 0.3) is 0 Å². The van der Waals surface area contributed by atoms with Gasteiger partial charge in [-0.05, 0) is 49.1 Å². The van der Waals surface area contributed by atoms with Gasteiger partial charge in [-0.3, -0.25) is 0 Å². The van der Waals surface area contributed by atoms with E-state index >= 15 is 0 Å². The summed E-state index contributed by atoms with van der Waals surface area (Å²) in [5.41, 5.74) is 2.04. The molecule has 0 aliphatic carbocycles. The lowest BCUT2D eigenvalue weighted by molar-refractivity contribution is 0.102. The fourth-order valence-electron chi connectivity index (χ4n) is 4.01. The average Bonchev–Trinajstić information content (AvgIpc) is 2.87. The SMILES string of the molecule is CCCCCCCCCCCCc1cnc(-c2ccc(OCC(F)C(F)CCCC)cc2)nc1. The van der Waals surface area contributed by atoms with Crippen LogP contribution in [0.2, 0.25) is 0 Å². The van der Waals surface area contributed by atoms with Crippen LogP contribution in [0.25, 0.3) is 11.4 Å². The largest absolute Gasteiger partial charge is 0.490 e. The number of aromatic nitrogens is 2. The van der Waals surface area contributed by atoms with Crippen molar-refractivity contribution in [2.24, 2.45) is 0 Å². The normalized spacial score (nSPS) is 13.1. The summed E-state index contributed by atoms with van der Waals surface area (Å²) in [5.74, 6) is 1.18. The second-order valence-corrected chi connectivity index (χ2v) is 9.36. The van der Waals surface area contributed by atoms with E-state index in [-0.39, 0.29) is 13.0 Å². The van der Waals surface area contributed by atoms with Gasteiger partial charge in [-0.15, -0.1) is 0 Å². The molecule has 0 spiro atoms. The predicted octanol–water partition coefficient (Wildman–Crippen LogP) is 8.85. The van der Waals surface area contributed by atoms with Crippen molar-refractivity contribution in [2.75, 3.05) is 6.61 Å². The summed E-state index contributed by atoms with van der Waals surface area (Å²) in [4.78, 5) is 9.01. The maximum absolute atomic E-state index is 13.9.